The van der Waals surface area contributed by atoms with Crippen LogP contribution in [0.4, 0.5) is 9.18 Å². The third-order valence-electron chi connectivity index (χ3n) is 9.04. The number of hydrogen-bond acceptors (Lipinski definition) is 4. The van der Waals surface area contributed by atoms with E-state index in [0.717, 1.165) is 74.0 Å². The number of likely N-dealkylation sites (tertiary alicyclic amines) is 1. The molecular weight excluding hydrogens is 577 g/mol. The molecule has 0 spiro atoms. The molecule has 0 aliphatic carbocycles. The van der Waals surface area contributed by atoms with Crippen LogP contribution in [0.3, 0.4) is 0 Å². The van der Waals surface area contributed by atoms with Gasteiger partial charge in [-0.25, -0.2) is 9.18 Å². The lowest BCUT2D eigenvalue weighted by molar-refractivity contribution is -0.120. The molecule has 2 N–H and O–H groups in total. The molecule has 1 fully saturated rings. The Labute approximate surface area is 272 Å². The van der Waals surface area contributed by atoms with Gasteiger partial charge in [-0.2, -0.15) is 0 Å². The van der Waals surface area contributed by atoms with Crippen molar-refractivity contribution in [1.29, 1.82) is 0 Å². The Balaban J connectivity index is 1.18. The van der Waals surface area contributed by atoms with Crippen molar-refractivity contribution < 1.29 is 18.7 Å². The molecule has 1 heterocycles. The summed E-state index contributed by atoms with van der Waals surface area (Å²) in [5, 5.41) is 5.70. The van der Waals surface area contributed by atoms with E-state index in [9.17, 15) is 14.0 Å². The number of halogens is 1. The molecule has 1 aliphatic heterocycles. The maximum absolute atomic E-state index is 13.7. The van der Waals surface area contributed by atoms with E-state index in [2.05, 4.69) is 39.8 Å². The molecule has 2 amide bonds. The number of piperidine rings is 1. The average Bonchev–Trinajstić information content (AvgIpc) is 3.10. The minimum absolute atomic E-state index is 0.143. The first-order valence-electron chi connectivity index (χ1n) is 16.3. The van der Waals surface area contributed by atoms with Crippen LogP contribution in [-0.2, 0) is 28.0 Å². The van der Waals surface area contributed by atoms with Crippen LogP contribution in [0.2, 0.25) is 0 Å². The van der Waals surface area contributed by atoms with Crippen LogP contribution < -0.4 is 10.6 Å². The molecule has 4 aromatic carbocycles. The van der Waals surface area contributed by atoms with Gasteiger partial charge >= 0.3 is 6.09 Å². The van der Waals surface area contributed by atoms with Gasteiger partial charge in [0.15, 0.2) is 0 Å². The molecule has 1 aliphatic rings. The summed E-state index contributed by atoms with van der Waals surface area (Å²) >= 11 is 0. The fraction of sp³-hybridized carbons (Fsp3) is 0.333. The van der Waals surface area contributed by atoms with Crippen molar-refractivity contribution >= 4 is 12.0 Å². The molecule has 1 saturated heterocycles. The van der Waals surface area contributed by atoms with Crippen LogP contribution >= 0.6 is 0 Å². The fourth-order valence-corrected chi connectivity index (χ4v) is 6.52. The minimum Gasteiger partial charge on any atom is -0.445 e. The summed E-state index contributed by atoms with van der Waals surface area (Å²) in [4.78, 5) is 27.8. The van der Waals surface area contributed by atoms with Crippen molar-refractivity contribution in [3.63, 3.8) is 0 Å². The summed E-state index contributed by atoms with van der Waals surface area (Å²) in [6.07, 6.45) is 4.31. The van der Waals surface area contributed by atoms with Gasteiger partial charge in [-0.15, -0.1) is 0 Å². The highest BCUT2D eigenvalue weighted by atomic mass is 19.1. The number of carbonyl (C=O) groups excluding carboxylic acids is 2. The Bertz CT molecular complexity index is 1470. The molecule has 240 valence electrons. The van der Waals surface area contributed by atoms with Gasteiger partial charge in [0, 0.05) is 12.0 Å². The Kier molecular flexibility index (Phi) is 12.0. The molecule has 0 aromatic heterocycles. The van der Waals surface area contributed by atoms with Gasteiger partial charge < -0.3 is 20.3 Å². The zero-order valence-electron chi connectivity index (χ0n) is 26.4. The number of nitrogens with zero attached hydrogens (tertiary/aromatic N) is 1. The summed E-state index contributed by atoms with van der Waals surface area (Å²) < 4.78 is 18.9. The second-order valence-corrected chi connectivity index (χ2v) is 12.2. The van der Waals surface area contributed by atoms with E-state index in [-0.39, 0.29) is 24.9 Å². The summed E-state index contributed by atoms with van der Waals surface area (Å²) in [5.74, 6) is 0.141. The van der Waals surface area contributed by atoms with E-state index in [4.69, 9.17) is 4.74 Å². The number of ether oxygens (including phenoxy) is 1. The van der Waals surface area contributed by atoms with Gasteiger partial charge in [0.25, 0.3) is 0 Å². The van der Waals surface area contributed by atoms with Gasteiger partial charge in [-0.05, 0) is 92.0 Å². The second kappa shape index (κ2) is 16.7. The highest BCUT2D eigenvalue weighted by Crippen LogP contribution is 2.37. The summed E-state index contributed by atoms with van der Waals surface area (Å²) in [6.45, 7) is 3.41. The molecule has 0 atom stereocenters. The molecule has 0 radical (unpaired) electrons. The van der Waals surface area contributed by atoms with E-state index in [1.54, 1.807) is 12.1 Å². The monoisotopic (exact) mass is 621 g/mol. The van der Waals surface area contributed by atoms with Crippen LogP contribution in [0, 0.1) is 11.7 Å². The van der Waals surface area contributed by atoms with E-state index in [0.29, 0.717) is 12.5 Å². The topological polar surface area (TPSA) is 70.7 Å². The Morgan fingerprint density at radius 3 is 2.02 bits per heavy atom. The third kappa shape index (κ3) is 9.51. The highest BCUT2D eigenvalue weighted by molar-refractivity contribution is 5.82. The molecule has 0 bridgehead atoms. The van der Waals surface area contributed by atoms with E-state index < -0.39 is 11.5 Å². The first-order chi connectivity index (χ1) is 22.5. The lowest BCUT2D eigenvalue weighted by Gasteiger charge is -2.37. The van der Waals surface area contributed by atoms with E-state index in [1.807, 2.05) is 72.8 Å². The number of carbonyl (C=O) groups is 2. The highest BCUT2D eigenvalue weighted by Gasteiger charge is 2.34. The number of benzene rings is 4. The average molecular weight is 622 g/mol. The normalized spacial score (nSPS) is 14.0. The lowest BCUT2D eigenvalue weighted by Crippen LogP contribution is -2.45. The molecule has 4 aromatic rings. The largest absolute Gasteiger partial charge is 0.445 e. The van der Waals surface area contributed by atoms with Crippen molar-refractivity contribution in [2.75, 3.05) is 32.7 Å². The quantitative estimate of drug-likeness (QED) is 0.161. The summed E-state index contributed by atoms with van der Waals surface area (Å²) in [5.41, 5.74) is 3.80. The lowest BCUT2D eigenvalue weighted by atomic mass is 9.71. The van der Waals surface area contributed by atoms with Crippen molar-refractivity contribution in [3.8, 4) is 0 Å². The van der Waals surface area contributed by atoms with Crippen molar-refractivity contribution in [1.82, 2.24) is 15.5 Å². The summed E-state index contributed by atoms with van der Waals surface area (Å²) in [6, 6.07) is 37.1. The van der Waals surface area contributed by atoms with Crippen molar-refractivity contribution in [2.24, 2.45) is 5.92 Å². The van der Waals surface area contributed by atoms with Gasteiger partial charge in [0.1, 0.15) is 12.4 Å². The van der Waals surface area contributed by atoms with Crippen LogP contribution in [0.5, 0.6) is 0 Å². The predicted molar refractivity (Wildman–Crippen MR) is 180 cm³/mol. The molecule has 46 heavy (non-hydrogen) atoms. The van der Waals surface area contributed by atoms with Crippen LogP contribution in [0.15, 0.2) is 115 Å². The van der Waals surface area contributed by atoms with Gasteiger partial charge in [-0.1, -0.05) is 103 Å². The molecule has 6 nitrogen and oxygen atoms in total. The SMILES string of the molecule is O=C(CNC(=O)OCc1ccccc1)NCC(CCCN1CCC(Cc2cccc(F)c2)CC1)(c1ccccc1)c1ccccc1. The second-order valence-electron chi connectivity index (χ2n) is 12.2. The van der Waals surface area contributed by atoms with E-state index >= 15 is 0 Å². The molecule has 0 saturated carbocycles. The van der Waals surface area contributed by atoms with Crippen LogP contribution in [-0.4, -0.2) is 49.6 Å². The Hall–Kier alpha value is -4.49. The van der Waals surface area contributed by atoms with E-state index in [1.165, 1.54) is 6.07 Å². The number of hydrogen-bond donors (Lipinski definition) is 2. The van der Waals surface area contributed by atoms with Gasteiger partial charge in [0.2, 0.25) is 5.91 Å². The molecule has 7 heteroatoms. The predicted octanol–water partition coefficient (Wildman–Crippen LogP) is 6.89. The van der Waals surface area contributed by atoms with Crippen molar-refractivity contribution in [3.05, 3.63) is 143 Å². The first kappa shape index (κ1) is 32.9. The smallest absolute Gasteiger partial charge is 0.407 e. The number of amides is 2. The minimum atomic E-state index is -0.629. The molecular formula is C39H44FN3O3. The van der Waals surface area contributed by atoms with Gasteiger partial charge in [-0.3, -0.25) is 4.79 Å². The molecule has 0 unspecified atom stereocenters. The Morgan fingerprint density at radius 1 is 0.783 bits per heavy atom. The fourth-order valence-electron chi connectivity index (χ4n) is 6.52. The van der Waals surface area contributed by atoms with Crippen molar-refractivity contribution in [2.45, 2.75) is 44.1 Å². The third-order valence-corrected chi connectivity index (χ3v) is 9.04. The zero-order chi connectivity index (χ0) is 32.0. The maximum atomic E-state index is 13.7. The Morgan fingerprint density at radius 2 is 1.39 bits per heavy atom. The van der Waals surface area contributed by atoms with Crippen LogP contribution in [0.1, 0.15) is 47.9 Å². The molecule has 5 rings (SSSR count). The van der Waals surface area contributed by atoms with Gasteiger partial charge in [0.05, 0.1) is 6.54 Å². The number of nitrogens with one attached hydrogen (secondary N) is 2. The standard InChI is InChI=1S/C39H44FN3O3/c40-36-19-10-14-33(27-36)26-31-20-24-43(25-21-31)23-11-22-39(34-15-6-2-7-16-34,35-17-8-3-9-18-35)30-42-37(44)28-41-38(45)46-29-32-12-4-1-5-13-32/h1-10,12-19,27,31H,11,20-26,28-30H2,(H,41,45)(H,42,44). The maximum Gasteiger partial charge on any atom is 0.407 e. The van der Waals surface area contributed by atoms with Crippen LogP contribution in [0.25, 0.3) is 0 Å². The number of alkyl carbamates (subject to hydrolysis) is 1. The first-order valence-corrected chi connectivity index (χ1v) is 16.3. The summed E-state index contributed by atoms with van der Waals surface area (Å²) in [7, 11) is 0. The number of rotatable bonds is 14. The zero-order valence-corrected chi connectivity index (χ0v) is 26.4.